The normalized spacial score (nSPS) is 11.1. The molecule has 4 aromatic carbocycles. The number of aliphatic hydroxyl groups excluding tert-OH is 2. The predicted octanol–water partition coefficient (Wildman–Crippen LogP) is 7.41. The topological polar surface area (TPSA) is 142 Å². The van der Waals surface area contributed by atoms with Crippen LogP contribution in [0, 0.1) is 32.7 Å². The second-order valence-corrected chi connectivity index (χ2v) is 12.5. The number of benzene rings is 4. The summed E-state index contributed by atoms with van der Waals surface area (Å²) in [4.78, 5) is 34.7. The van der Waals surface area contributed by atoms with Gasteiger partial charge < -0.3 is 20.3 Å². The van der Waals surface area contributed by atoms with E-state index < -0.39 is 60.2 Å². The van der Waals surface area contributed by atoms with E-state index in [9.17, 15) is 36.6 Å². The highest BCUT2D eigenvalue weighted by molar-refractivity contribution is 14.1. The number of nitrogens with zero attached hydrogens (tertiary/aromatic N) is 1. The van der Waals surface area contributed by atoms with Crippen LogP contribution in [0.5, 0.6) is 0 Å². The number of aliphatic hydroxyl groups is 2. The number of nitrogens with one attached hydrogen (secondary N) is 3. The van der Waals surface area contributed by atoms with E-state index in [4.69, 9.17) is 31.1 Å². The monoisotopic (exact) mass is 928 g/mol. The van der Waals surface area contributed by atoms with Gasteiger partial charge in [0.15, 0.2) is 23.3 Å². The number of hydrogen-bond donors (Lipinski definition) is 5. The van der Waals surface area contributed by atoms with Gasteiger partial charge in [0.05, 0.1) is 40.5 Å². The Labute approximate surface area is 320 Å². The van der Waals surface area contributed by atoms with E-state index in [1.54, 1.807) is 18.2 Å². The molecule has 0 saturated carbocycles. The van der Waals surface area contributed by atoms with Crippen molar-refractivity contribution < 1.29 is 56.2 Å². The van der Waals surface area contributed by atoms with Crippen molar-refractivity contribution in [3.8, 4) is 0 Å². The molecule has 0 fully saturated rings. The summed E-state index contributed by atoms with van der Waals surface area (Å²) in [6.07, 6.45) is -0.0836. The van der Waals surface area contributed by atoms with Crippen molar-refractivity contribution in [2.75, 3.05) is 37.2 Å². The van der Waals surface area contributed by atoms with Crippen molar-refractivity contribution >= 4 is 79.0 Å². The highest BCUT2D eigenvalue weighted by Gasteiger charge is 2.22. The average Bonchev–Trinajstić information content (AvgIpc) is 3.11. The lowest BCUT2D eigenvalue weighted by Crippen LogP contribution is -2.39. The van der Waals surface area contributed by atoms with E-state index in [1.807, 2.05) is 0 Å². The number of halogens is 8. The summed E-state index contributed by atoms with van der Waals surface area (Å²) in [5.74, 6) is -7.16. The number of ether oxygens (including phenoxy) is 1. The fraction of sp³-hybridized carbons (Fsp3) is 0.152. The number of hydrogen-bond acceptors (Lipinski definition) is 9. The first-order chi connectivity index (χ1) is 24.7. The molecule has 5 N–H and O–H groups in total. The van der Waals surface area contributed by atoms with Crippen molar-refractivity contribution in [1.29, 1.82) is 0 Å². The maximum absolute atomic E-state index is 14.3. The lowest BCUT2D eigenvalue weighted by molar-refractivity contribution is -0.136. The highest BCUT2D eigenvalue weighted by atomic mass is 127. The Hall–Kier alpha value is -4.05. The van der Waals surface area contributed by atoms with E-state index >= 15 is 0 Å². The molecule has 0 saturated heterocycles. The summed E-state index contributed by atoms with van der Waals surface area (Å²) in [6, 6.07) is 13.3. The first kappa shape index (κ1) is 42.4. The van der Waals surface area contributed by atoms with Crippen LogP contribution in [0.3, 0.4) is 0 Å². The van der Waals surface area contributed by atoms with Gasteiger partial charge in [0.1, 0.15) is 31.7 Å². The van der Waals surface area contributed by atoms with Crippen molar-refractivity contribution in [3.63, 3.8) is 0 Å². The van der Waals surface area contributed by atoms with Gasteiger partial charge in [0.25, 0.3) is 11.8 Å². The number of rotatable bonds is 15. The summed E-state index contributed by atoms with van der Waals surface area (Å²) in [7, 11) is 0. The van der Waals surface area contributed by atoms with E-state index in [0.717, 1.165) is 33.9 Å². The number of hydroxylamine groups is 2. The fourth-order valence-corrected chi connectivity index (χ4v) is 4.96. The first-order valence-corrected chi connectivity index (χ1v) is 16.8. The van der Waals surface area contributed by atoms with Crippen LogP contribution >= 0.6 is 50.1 Å². The van der Waals surface area contributed by atoms with Gasteiger partial charge in [-0.2, -0.15) is 0 Å². The zero-order valence-electron chi connectivity index (χ0n) is 26.4. The fourth-order valence-electron chi connectivity index (χ4n) is 3.72. The lowest BCUT2D eigenvalue weighted by atomic mass is 10.1. The largest absolute Gasteiger partial charge is 0.499 e. The molecule has 0 aliphatic carbocycles. The number of hydrazine groups is 1. The highest BCUT2D eigenvalue weighted by Crippen LogP contribution is 2.31. The molecule has 19 heteroatoms. The van der Waals surface area contributed by atoms with Crippen molar-refractivity contribution in [1.82, 2.24) is 10.7 Å². The SMILES string of the molecule is C=COCCONC(=O)c1ccc(F)c(F)c1Nc1ccc(I)cc1Cl.O=C(c1ccc(F)c(F)c1)N(Nc1ccc(Br)cc1F)OC[C@H](O)CO. The Kier molecular flexibility index (Phi) is 17.0. The van der Waals surface area contributed by atoms with E-state index in [-0.39, 0.29) is 35.7 Å². The van der Waals surface area contributed by atoms with Gasteiger partial charge >= 0.3 is 0 Å². The molecule has 2 amide bonds. The maximum Gasteiger partial charge on any atom is 0.297 e. The van der Waals surface area contributed by atoms with Gasteiger partial charge in [-0.05, 0) is 89.3 Å². The third kappa shape index (κ3) is 12.6. The van der Waals surface area contributed by atoms with Gasteiger partial charge in [-0.15, -0.1) is 5.17 Å². The first-order valence-electron chi connectivity index (χ1n) is 14.5. The molecule has 11 nitrogen and oxygen atoms in total. The third-order valence-electron chi connectivity index (χ3n) is 6.23. The van der Waals surface area contributed by atoms with Crippen molar-refractivity contribution in [3.05, 3.63) is 133 Å². The molecule has 52 heavy (non-hydrogen) atoms. The average molecular weight is 930 g/mol. The summed E-state index contributed by atoms with van der Waals surface area (Å²) in [5.41, 5.74) is 3.87. The molecular formula is C33H28BrClF5IN4O7. The molecule has 278 valence electrons. The van der Waals surface area contributed by atoms with Crippen LogP contribution in [0.1, 0.15) is 20.7 Å². The number of carbonyl (C=O) groups excluding carboxylic acids is 2. The summed E-state index contributed by atoms with van der Waals surface area (Å²) in [6.45, 7) is 2.43. The molecule has 0 radical (unpaired) electrons. The van der Waals surface area contributed by atoms with Crippen LogP contribution in [-0.4, -0.2) is 59.7 Å². The molecular weight excluding hydrogens is 902 g/mol. The van der Waals surface area contributed by atoms with Crippen LogP contribution in [0.25, 0.3) is 0 Å². The van der Waals surface area contributed by atoms with Crippen LogP contribution < -0.4 is 16.2 Å². The molecule has 0 spiro atoms. The zero-order chi connectivity index (χ0) is 38.4. The summed E-state index contributed by atoms with van der Waals surface area (Å²) < 4.78 is 74.4. The molecule has 0 bridgehead atoms. The molecule has 4 aromatic rings. The predicted molar refractivity (Wildman–Crippen MR) is 193 cm³/mol. The maximum atomic E-state index is 14.3. The summed E-state index contributed by atoms with van der Waals surface area (Å²) >= 11 is 11.3. The minimum atomic E-state index is -1.31. The van der Waals surface area contributed by atoms with Crippen LogP contribution in [0.15, 0.2) is 84.0 Å². The second-order valence-electron chi connectivity index (χ2n) is 9.95. The van der Waals surface area contributed by atoms with Crippen LogP contribution in [0.4, 0.5) is 39.0 Å². The molecule has 0 aliphatic heterocycles. The van der Waals surface area contributed by atoms with Crippen molar-refractivity contribution in [2.45, 2.75) is 6.10 Å². The van der Waals surface area contributed by atoms with E-state index in [2.05, 4.69) is 61.3 Å². The van der Waals surface area contributed by atoms with Gasteiger partial charge in [0.2, 0.25) is 0 Å². The zero-order valence-corrected chi connectivity index (χ0v) is 30.9. The Morgan fingerprint density at radius 1 is 0.942 bits per heavy atom. The van der Waals surface area contributed by atoms with Gasteiger partial charge in [-0.25, -0.2) is 32.3 Å². The number of carbonyl (C=O) groups is 2. The second kappa shape index (κ2) is 20.9. The molecule has 0 aliphatic rings. The van der Waals surface area contributed by atoms with Crippen molar-refractivity contribution in [2.24, 2.45) is 0 Å². The number of anilines is 3. The molecule has 0 unspecified atom stereocenters. The lowest BCUT2D eigenvalue weighted by Gasteiger charge is -2.24. The Balaban J connectivity index is 0.000000280. The number of amides is 2. The quantitative estimate of drug-likeness (QED) is 0.0271. The molecule has 0 heterocycles. The van der Waals surface area contributed by atoms with E-state index in [0.29, 0.717) is 26.4 Å². The summed E-state index contributed by atoms with van der Waals surface area (Å²) in [5, 5.41) is 21.6. The van der Waals surface area contributed by atoms with Crippen LogP contribution in [-0.2, 0) is 14.4 Å². The Morgan fingerprint density at radius 3 is 2.31 bits per heavy atom. The Bertz CT molecular complexity index is 1880. The minimum Gasteiger partial charge on any atom is -0.499 e. The van der Waals surface area contributed by atoms with Gasteiger partial charge in [-0.1, -0.05) is 34.1 Å². The van der Waals surface area contributed by atoms with Gasteiger partial charge in [0, 0.05) is 13.6 Å². The smallest absolute Gasteiger partial charge is 0.297 e. The minimum absolute atomic E-state index is 0.0488. The molecule has 4 rings (SSSR count). The van der Waals surface area contributed by atoms with E-state index in [1.165, 1.54) is 18.4 Å². The van der Waals surface area contributed by atoms with Crippen LogP contribution in [0.2, 0.25) is 5.02 Å². The molecule has 0 aromatic heterocycles. The molecule has 1 atom stereocenters. The van der Waals surface area contributed by atoms with Gasteiger partial charge in [-0.3, -0.25) is 19.9 Å². The standard InChI is InChI=1S/C17H14ClF2IN2O3.C16H14BrF3N2O4/c1-2-25-7-8-26-23-17(24)11-4-5-13(19)15(20)16(11)22-14-6-3-10(21)9-12(14)18;17-10-2-4-15(14(20)6-10)21-22(26-8-11(24)7-23)16(25)9-1-3-12(18)13(19)5-9/h2-6,9,22H,1,7-8H2,(H,23,24);1-6,11,21,23-24H,7-8H2/t;11-/m.1/s1. The third-order valence-corrected chi connectivity index (χ3v) is 7.70. The Morgan fingerprint density at radius 2 is 1.65 bits per heavy atom.